The fourth-order valence-electron chi connectivity index (χ4n) is 2.00. The average Bonchev–Trinajstić information content (AvgIpc) is 2.21. The van der Waals surface area contributed by atoms with Gasteiger partial charge in [-0.25, -0.2) is 0 Å². The summed E-state index contributed by atoms with van der Waals surface area (Å²) in [5.74, 6) is 0.100. The van der Waals surface area contributed by atoms with E-state index in [1.165, 1.54) is 0 Å². The summed E-state index contributed by atoms with van der Waals surface area (Å²) in [6.45, 7) is 5.97. The molecule has 0 aromatic heterocycles. The van der Waals surface area contributed by atoms with Gasteiger partial charge in [0.2, 0.25) is 0 Å². The number of ether oxygens (including phenoxy) is 1. The zero-order valence-electron chi connectivity index (χ0n) is 9.90. The maximum atomic E-state index is 11.8. The third-order valence-electron chi connectivity index (χ3n) is 3.36. The largest absolute Gasteiger partial charge is 0.462 e. The summed E-state index contributed by atoms with van der Waals surface area (Å²) in [6, 6.07) is 0. The van der Waals surface area contributed by atoms with E-state index in [9.17, 15) is 9.90 Å². The second-order valence-electron chi connectivity index (χ2n) is 4.71. The first-order valence-electron chi connectivity index (χ1n) is 5.93. The van der Waals surface area contributed by atoms with E-state index in [4.69, 9.17) is 4.74 Å². The molecule has 0 spiro atoms. The SMILES string of the molecule is CCC(C)OC(=O)C1CC(O)CCC1C. The van der Waals surface area contributed by atoms with E-state index >= 15 is 0 Å². The molecule has 1 fully saturated rings. The number of rotatable bonds is 3. The van der Waals surface area contributed by atoms with Crippen molar-refractivity contribution < 1.29 is 14.6 Å². The molecule has 1 saturated carbocycles. The second-order valence-corrected chi connectivity index (χ2v) is 4.71. The lowest BCUT2D eigenvalue weighted by atomic mass is 9.79. The molecule has 0 saturated heterocycles. The number of hydrogen-bond acceptors (Lipinski definition) is 3. The van der Waals surface area contributed by atoms with Crippen molar-refractivity contribution in [3.05, 3.63) is 0 Å². The summed E-state index contributed by atoms with van der Waals surface area (Å²) >= 11 is 0. The highest BCUT2D eigenvalue weighted by atomic mass is 16.5. The Hall–Kier alpha value is -0.570. The van der Waals surface area contributed by atoms with Gasteiger partial charge in [-0.05, 0) is 38.5 Å². The maximum Gasteiger partial charge on any atom is 0.309 e. The summed E-state index contributed by atoms with van der Waals surface area (Å²) in [5, 5.41) is 9.53. The fraction of sp³-hybridized carbons (Fsp3) is 0.917. The molecule has 3 heteroatoms. The molecule has 0 aromatic rings. The van der Waals surface area contributed by atoms with Crippen LogP contribution in [0.4, 0.5) is 0 Å². The normalized spacial score (nSPS) is 33.5. The molecule has 0 heterocycles. The van der Waals surface area contributed by atoms with Crippen LogP contribution in [0.5, 0.6) is 0 Å². The van der Waals surface area contributed by atoms with E-state index < -0.39 is 0 Å². The number of esters is 1. The molecule has 88 valence electrons. The highest BCUT2D eigenvalue weighted by Gasteiger charge is 2.33. The zero-order chi connectivity index (χ0) is 11.4. The molecular formula is C12H22O3. The molecular weight excluding hydrogens is 192 g/mol. The minimum Gasteiger partial charge on any atom is -0.462 e. The van der Waals surface area contributed by atoms with Gasteiger partial charge in [-0.1, -0.05) is 13.8 Å². The van der Waals surface area contributed by atoms with Gasteiger partial charge in [0.15, 0.2) is 0 Å². The Morgan fingerprint density at radius 1 is 1.53 bits per heavy atom. The third kappa shape index (κ3) is 3.49. The van der Waals surface area contributed by atoms with Crippen LogP contribution in [0, 0.1) is 11.8 Å². The smallest absolute Gasteiger partial charge is 0.309 e. The molecule has 0 bridgehead atoms. The van der Waals surface area contributed by atoms with Gasteiger partial charge in [0.05, 0.1) is 18.1 Å². The van der Waals surface area contributed by atoms with E-state index in [0.29, 0.717) is 12.3 Å². The van der Waals surface area contributed by atoms with E-state index in [-0.39, 0.29) is 24.1 Å². The Morgan fingerprint density at radius 2 is 2.20 bits per heavy atom. The molecule has 1 aliphatic rings. The van der Waals surface area contributed by atoms with Crippen LogP contribution in [0.2, 0.25) is 0 Å². The minimum absolute atomic E-state index is 0.0104. The standard InChI is InChI=1S/C12H22O3/c1-4-9(3)15-12(14)11-7-10(13)6-5-8(11)2/h8-11,13H,4-7H2,1-3H3. The van der Waals surface area contributed by atoms with Crippen molar-refractivity contribution >= 4 is 5.97 Å². The lowest BCUT2D eigenvalue weighted by Crippen LogP contribution is -2.34. The predicted molar refractivity (Wildman–Crippen MR) is 58.4 cm³/mol. The molecule has 3 nitrogen and oxygen atoms in total. The van der Waals surface area contributed by atoms with Crippen LogP contribution in [-0.4, -0.2) is 23.3 Å². The monoisotopic (exact) mass is 214 g/mol. The Labute approximate surface area is 91.8 Å². The first-order chi connectivity index (χ1) is 7.04. The summed E-state index contributed by atoms with van der Waals surface area (Å²) in [5.41, 5.74) is 0. The Morgan fingerprint density at radius 3 is 2.80 bits per heavy atom. The van der Waals surface area contributed by atoms with E-state index in [0.717, 1.165) is 19.3 Å². The van der Waals surface area contributed by atoms with Crippen LogP contribution in [0.3, 0.4) is 0 Å². The number of hydrogen-bond donors (Lipinski definition) is 1. The first kappa shape index (κ1) is 12.5. The van der Waals surface area contributed by atoms with Crippen molar-refractivity contribution in [3.63, 3.8) is 0 Å². The van der Waals surface area contributed by atoms with Crippen molar-refractivity contribution in [2.45, 2.75) is 58.7 Å². The van der Waals surface area contributed by atoms with E-state index in [1.807, 2.05) is 13.8 Å². The van der Waals surface area contributed by atoms with Gasteiger partial charge < -0.3 is 9.84 Å². The van der Waals surface area contributed by atoms with Gasteiger partial charge in [-0.2, -0.15) is 0 Å². The van der Waals surface area contributed by atoms with E-state index in [1.54, 1.807) is 0 Å². The van der Waals surface area contributed by atoms with Gasteiger partial charge in [0.25, 0.3) is 0 Å². The van der Waals surface area contributed by atoms with Gasteiger partial charge in [0, 0.05) is 0 Å². The maximum absolute atomic E-state index is 11.8. The average molecular weight is 214 g/mol. The molecule has 1 N–H and O–H groups in total. The van der Waals surface area contributed by atoms with Crippen molar-refractivity contribution in [2.75, 3.05) is 0 Å². The summed E-state index contributed by atoms with van der Waals surface area (Å²) in [7, 11) is 0. The van der Waals surface area contributed by atoms with Crippen molar-refractivity contribution in [1.29, 1.82) is 0 Å². The number of aliphatic hydroxyl groups is 1. The molecule has 1 aliphatic carbocycles. The van der Waals surface area contributed by atoms with Crippen molar-refractivity contribution in [3.8, 4) is 0 Å². The van der Waals surface area contributed by atoms with Gasteiger partial charge in [0.1, 0.15) is 0 Å². The summed E-state index contributed by atoms with van der Waals surface area (Å²) in [4.78, 5) is 11.8. The topological polar surface area (TPSA) is 46.5 Å². The van der Waals surface area contributed by atoms with Crippen LogP contribution in [-0.2, 0) is 9.53 Å². The molecule has 0 radical (unpaired) electrons. The van der Waals surface area contributed by atoms with E-state index in [2.05, 4.69) is 6.92 Å². The summed E-state index contributed by atoms with van der Waals surface area (Å²) < 4.78 is 5.31. The molecule has 4 atom stereocenters. The Bertz CT molecular complexity index is 215. The van der Waals surface area contributed by atoms with Crippen LogP contribution in [0.25, 0.3) is 0 Å². The fourth-order valence-corrected chi connectivity index (χ4v) is 2.00. The first-order valence-corrected chi connectivity index (χ1v) is 5.93. The highest BCUT2D eigenvalue weighted by Crippen LogP contribution is 2.31. The summed E-state index contributed by atoms with van der Waals surface area (Å²) in [6.07, 6.45) is 2.81. The molecule has 15 heavy (non-hydrogen) atoms. The van der Waals surface area contributed by atoms with Crippen LogP contribution in [0.1, 0.15) is 46.5 Å². The van der Waals surface area contributed by atoms with Gasteiger partial charge in [-0.15, -0.1) is 0 Å². The zero-order valence-corrected chi connectivity index (χ0v) is 9.90. The van der Waals surface area contributed by atoms with Gasteiger partial charge in [-0.3, -0.25) is 4.79 Å². The number of carbonyl (C=O) groups is 1. The number of carbonyl (C=O) groups excluding carboxylic acids is 1. The molecule has 0 aromatic carbocycles. The lowest BCUT2D eigenvalue weighted by molar-refractivity contribution is -0.158. The van der Waals surface area contributed by atoms with Gasteiger partial charge >= 0.3 is 5.97 Å². The number of aliphatic hydroxyl groups excluding tert-OH is 1. The molecule has 4 unspecified atom stereocenters. The van der Waals surface area contributed by atoms with Crippen molar-refractivity contribution in [1.82, 2.24) is 0 Å². The van der Waals surface area contributed by atoms with Crippen LogP contribution in [0.15, 0.2) is 0 Å². The predicted octanol–water partition coefficient (Wildman–Crippen LogP) is 2.13. The Balaban J connectivity index is 2.49. The van der Waals surface area contributed by atoms with Crippen molar-refractivity contribution in [2.24, 2.45) is 11.8 Å². The molecule has 1 rings (SSSR count). The third-order valence-corrected chi connectivity index (χ3v) is 3.36. The Kier molecular flexibility index (Phi) is 4.58. The molecule has 0 amide bonds. The second kappa shape index (κ2) is 5.50. The lowest BCUT2D eigenvalue weighted by Gasteiger charge is -2.30. The molecule has 0 aliphatic heterocycles. The highest BCUT2D eigenvalue weighted by molar-refractivity contribution is 5.73. The quantitative estimate of drug-likeness (QED) is 0.732. The minimum atomic E-state index is -0.323. The van der Waals surface area contributed by atoms with Crippen LogP contribution < -0.4 is 0 Å². The van der Waals surface area contributed by atoms with Crippen LogP contribution >= 0.6 is 0 Å².